The third-order valence-electron chi connectivity index (χ3n) is 2.43. The molecule has 2 rings (SSSR count). The van der Waals surface area contributed by atoms with Crippen molar-refractivity contribution >= 4 is 17.0 Å². The molecule has 0 saturated carbocycles. The van der Waals surface area contributed by atoms with Crippen LogP contribution in [0.25, 0.3) is 11.0 Å². The lowest BCUT2D eigenvalue weighted by Gasteiger charge is -2.04. The van der Waals surface area contributed by atoms with E-state index in [1.165, 1.54) is 17.1 Å². The lowest BCUT2D eigenvalue weighted by Crippen LogP contribution is -2.18. The molecule has 0 spiro atoms. The summed E-state index contributed by atoms with van der Waals surface area (Å²) in [6.07, 6.45) is 2.87. The summed E-state index contributed by atoms with van der Waals surface area (Å²) in [4.78, 5) is 22.7. The number of rotatable bonds is 2. The van der Waals surface area contributed by atoms with Crippen LogP contribution < -0.4 is 5.43 Å². The van der Waals surface area contributed by atoms with Gasteiger partial charge in [-0.1, -0.05) is 0 Å². The average Bonchev–Trinajstić information content (AvgIpc) is 2.60. The molecule has 0 atom stereocenters. The van der Waals surface area contributed by atoms with Crippen LogP contribution in [-0.2, 0) is 13.6 Å². The van der Waals surface area contributed by atoms with E-state index >= 15 is 0 Å². The molecule has 0 radical (unpaired) electrons. The molecule has 84 valence electrons. The first-order valence-electron chi connectivity index (χ1n) is 4.84. The van der Waals surface area contributed by atoms with Gasteiger partial charge in [0.05, 0.1) is 5.39 Å². The van der Waals surface area contributed by atoms with Gasteiger partial charge in [0.2, 0.25) is 5.43 Å². The van der Waals surface area contributed by atoms with E-state index in [2.05, 4.69) is 5.10 Å². The number of carbonyl (C=O) groups is 1. The molecule has 2 heterocycles. The largest absolute Gasteiger partial charge is 0.477 e. The molecule has 1 N–H and O–H groups in total. The van der Waals surface area contributed by atoms with E-state index in [9.17, 15) is 9.59 Å². The first kappa shape index (κ1) is 10.4. The molecule has 0 bridgehead atoms. The molecule has 6 nitrogen and oxygen atoms in total. The Bertz CT molecular complexity index is 624. The average molecular weight is 221 g/mol. The number of hydrogen-bond donors (Lipinski definition) is 1. The molecule has 0 aromatic carbocycles. The number of aromatic nitrogens is 3. The minimum absolute atomic E-state index is 0.220. The van der Waals surface area contributed by atoms with Crippen LogP contribution in [0, 0.1) is 0 Å². The molecule has 16 heavy (non-hydrogen) atoms. The highest BCUT2D eigenvalue weighted by Crippen LogP contribution is 2.09. The molecule has 0 fully saturated rings. The van der Waals surface area contributed by atoms with Crippen molar-refractivity contribution in [3.63, 3.8) is 0 Å². The van der Waals surface area contributed by atoms with Crippen LogP contribution in [0.15, 0.2) is 17.2 Å². The van der Waals surface area contributed by atoms with Gasteiger partial charge < -0.3 is 9.67 Å². The Morgan fingerprint density at radius 3 is 2.75 bits per heavy atom. The molecule has 0 aliphatic heterocycles. The predicted octanol–water partition coefficient (Wildman–Crippen LogP) is 0.453. The maximum atomic E-state index is 11.8. The van der Waals surface area contributed by atoms with Crippen LogP contribution in [0.1, 0.15) is 17.3 Å². The number of carboxylic acid groups (broad SMARTS) is 1. The number of hydrogen-bond acceptors (Lipinski definition) is 3. The summed E-state index contributed by atoms with van der Waals surface area (Å²) in [5.41, 5.74) is -0.192. The van der Waals surface area contributed by atoms with Crippen molar-refractivity contribution in [1.82, 2.24) is 14.3 Å². The first-order chi connectivity index (χ1) is 7.54. The van der Waals surface area contributed by atoms with Crippen LogP contribution >= 0.6 is 0 Å². The van der Waals surface area contributed by atoms with Crippen LogP contribution in [0.5, 0.6) is 0 Å². The zero-order chi connectivity index (χ0) is 11.9. The van der Waals surface area contributed by atoms with E-state index in [1.807, 2.05) is 6.92 Å². The normalized spacial score (nSPS) is 10.9. The summed E-state index contributed by atoms with van der Waals surface area (Å²) in [7, 11) is 1.69. The van der Waals surface area contributed by atoms with Crippen LogP contribution in [0.4, 0.5) is 0 Å². The van der Waals surface area contributed by atoms with E-state index < -0.39 is 11.4 Å². The molecule has 0 amide bonds. The summed E-state index contributed by atoms with van der Waals surface area (Å²) < 4.78 is 3.16. The van der Waals surface area contributed by atoms with E-state index in [1.54, 1.807) is 11.6 Å². The molecule has 0 saturated heterocycles. The van der Waals surface area contributed by atoms with Gasteiger partial charge in [0.15, 0.2) is 5.65 Å². The maximum absolute atomic E-state index is 11.8. The monoisotopic (exact) mass is 221 g/mol. The molecule has 0 unspecified atom stereocenters. The van der Waals surface area contributed by atoms with E-state index in [0.29, 0.717) is 17.6 Å². The minimum atomic E-state index is -1.21. The SMILES string of the molecule is CCn1cc(C(=O)O)c(=O)c2cn(C)nc21. The van der Waals surface area contributed by atoms with Gasteiger partial charge in [-0.25, -0.2) is 4.79 Å². The highest BCUT2D eigenvalue weighted by molar-refractivity contribution is 5.91. The Morgan fingerprint density at radius 1 is 1.50 bits per heavy atom. The van der Waals surface area contributed by atoms with Gasteiger partial charge in [0.1, 0.15) is 5.56 Å². The van der Waals surface area contributed by atoms with Gasteiger partial charge in [-0.05, 0) is 6.92 Å². The second kappa shape index (κ2) is 3.48. The smallest absolute Gasteiger partial charge is 0.341 e. The van der Waals surface area contributed by atoms with E-state index in [-0.39, 0.29) is 5.56 Å². The molecule has 0 aliphatic carbocycles. The molecule has 2 aromatic heterocycles. The maximum Gasteiger partial charge on any atom is 0.341 e. The van der Waals surface area contributed by atoms with E-state index in [0.717, 1.165) is 0 Å². The Labute approximate surface area is 90.7 Å². The van der Waals surface area contributed by atoms with E-state index in [4.69, 9.17) is 5.11 Å². The summed E-state index contributed by atoms with van der Waals surface area (Å²) >= 11 is 0. The van der Waals surface area contributed by atoms with Crippen LogP contribution in [0.3, 0.4) is 0 Å². The second-order valence-electron chi connectivity index (χ2n) is 3.50. The Morgan fingerprint density at radius 2 is 2.19 bits per heavy atom. The van der Waals surface area contributed by atoms with Crippen LogP contribution in [-0.4, -0.2) is 25.4 Å². The van der Waals surface area contributed by atoms with Crippen molar-refractivity contribution in [3.8, 4) is 0 Å². The van der Waals surface area contributed by atoms with Gasteiger partial charge in [-0.3, -0.25) is 9.48 Å². The fourth-order valence-electron chi connectivity index (χ4n) is 1.66. The van der Waals surface area contributed by atoms with Gasteiger partial charge in [-0.2, -0.15) is 5.10 Å². The van der Waals surface area contributed by atoms with Crippen LogP contribution in [0.2, 0.25) is 0 Å². The standard InChI is InChI=1S/C10H11N3O3/c1-3-13-5-7(10(15)16)8(14)6-4-12(2)11-9(6)13/h4-5H,3H2,1-2H3,(H,15,16). The number of pyridine rings is 1. The number of fused-ring (bicyclic) bond motifs is 1. The molecule has 2 aromatic rings. The zero-order valence-electron chi connectivity index (χ0n) is 8.97. The van der Waals surface area contributed by atoms with Gasteiger partial charge in [0.25, 0.3) is 0 Å². The number of aromatic carboxylic acids is 1. The summed E-state index contributed by atoms with van der Waals surface area (Å²) in [5, 5.41) is 13.4. The zero-order valence-corrected chi connectivity index (χ0v) is 8.97. The van der Waals surface area contributed by atoms with Gasteiger partial charge >= 0.3 is 5.97 Å². The first-order valence-corrected chi connectivity index (χ1v) is 4.84. The van der Waals surface area contributed by atoms with Crippen molar-refractivity contribution in [2.24, 2.45) is 7.05 Å². The third kappa shape index (κ3) is 1.39. The molecule has 0 aliphatic rings. The molecular formula is C10H11N3O3. The summed E-state index contributed by atoms with van der Waals surface area (Å²) in [6.45, 7) is 2.43. The fraction of sp³-hybridized carbons (Fsp3) is 0.300. The lowest BCUT2D eigenvalue weighted by molar-refractivity contribution is 0.0695. The number of carboxylic acids is 1. The number of aryl methyl sites for hydroxylation is 2. The molecule has 6 heteroatoms. The highest BCUT2D eigenvalue weighted by atomic mass is 16.4. The molecular weight excluding hydrogens is 210 g/mol. The van der Waals surface area contributed by atoms with Crippen molar-refractivity contribution in [3.05, 3.63) is 28.2 Å². The summed E-state index contributed by atoms with van der Waals surface area (Å²) in [6, 6.07) is 0. The predicted molar refractivity (Wildman–Crippen MR) is 57.6 cm³/mol. The quantitative estimate of drug-likeness (QED) is 0.798. The van der Waals surface area contributed by atoms with Crippen molar-refractivity contribution < 1.29 is 9.90 Å². The Kier molecular flexibility index (Phi) is 2.26. The minimum Gasteiger partial charge on any atom is -0.477 e. The topological polar surface area (TPSA) is 77.1 Å². The fourth-order valence-corrected chi connectivity index (χ4v) is 1.66. The Hall–Kier alpha value is -2.11. The van der Waals surface area contributed by atoms with Gasteiger partial charge in [-0.15, -0.1) is 0 Å². The van der Waals surface area contributed by atoms with Gasteiger partial charge in [0, 0.05) is 26.0 Å². The lowest BCUT2D eigenvalue weighted by atomic mass is 10.2. The van der Waals surface area contributed by atoms with Crippen molar-refractivity contribution in [2.75, 3.05) is 0 Å². The van der Waals surface area contributed by atoms with Crippen molar-refractivity contribution in [2.45, 2.75) is 13.5 Å². The Balaban J connectivity index is 2.93. The second-order valence-corrected chi connectivity index (χ2v) is 3.50. The third-order valence-corrected chi connectivity index (χ3v) is 2.43. The highest BCUT2D eigenvalue weighted by Gasteiger charge is 2.15. The number of nitrogens with zero attached hydrogens (tertiary/aromatic N) is 3. The summed E-state index contributed by atoms with van der Waals surface area (Å²) in [5.74, 6) is -1.21. The van der Waals surface area contributed by atoms with Crippen molar-refractivity contribution in [1.29, 1.82) is 0 Å².